The lowest BCUT2D eigenvalue weighted by Crippen LogP contribution is -3.11. The number of hydrogen-bond donors (Lipinski definition) is 2. The van der Waals surface area contributed by atoms with Gasteiger partial charge in [0.2, 0.25) is 0 Å². The van der Waals surface area contributed by atoms with Gasteiger partial charge in [-0.2, -0.15) is 0 Å². The molecular weight excluding hydrogens is 292 g/mol. The van der Waals surface area contributed by atoms with Crippen LogP contribution in [-0.2, 0) is 4.79 Å². The molecule has 0 saturated carbocycles. The number of nitrogens with one attached hydrogen (secondary N) is 2. The summed E-state index contributed by atoms with van der Waals surface area (Å²) in [6.45, 7) is 5.75. The van der Waals surface area contributed by atoms with Crippen molar-refractivity contribution in [1.29, 1.82) is 0 Å². The maximum atomic E-state index is 12.4. The Morgan fingerprint density at radius 1 is 1.32 bits per heavy atom. The highest BCUT2D eigenvalue weighted by molar-refractivity contribution is 7.10. The van der Waals surface area contributed by atoms with E-state index < -0.39 is 0 Å². The number of quaternary nitrogens is 1. The number of hydrogen-bond acceptors (Lipinski definition) is 2. The number of thiophene rings is 1. The van der Waals surface area contributed by atoms with Crippen LogP contribution >= 0.6 is 11.3 Å². The molecule has 1 saturated heterocycles. The van der Waals surface area contributed by atoms with E-state index >= 15 is 0 Å². The Hall–Kier alpha value is -1.65. The molecule has 3 rings (SSSR count). The van der Waals surface area contributed by atoms with Gasteiger partial charge in [0.1, 0.15) is 6.04 Å². The standard InChI is InChI=1S/C18H22N2OS/c1-13-9-14(2)11-15(10-13)19-18(21)12-20-7-3-5-16(20)17-6-4-8-22-17/h4,6,8-11,16H,3,5,7,12H2,1-2H3,(H,19,21)/p+1/t16-/m0/s1. The first-order valence-corrected chi connectivity index (χ1v) is 8.76. The van der Waals surface area contributed by atoms with Gasteiger partial charge in [-0.1, -0.05) is 12.1 Å². The van der Waals surface area contributed by atoms with Crippen molar-refractivity contribution in [2.75, 3.05) is 18.4 Å². The molecule has 22 heavy (non-hydrogen) atoms. The average molecular weight is 315 g/mol. The lowest BCUT2D eigenvalue weighted by atomic mass is 10.1. The average Bonchev–Trinajstić information content (AvgIpc) is 3.07. The SMILES string of the molecule is Cc1cc(C)cc(NC(=O)C[NH+]2CCC[C@H]2c2cccs2)c1. The monoisotopic (exact) mass is 315 g/mol. The first-order valence-electron chi connectivity index (χ1n) is 7.88. The molecule has 1 aromatic heterocycles. The van der Waals surface area contributed by atoms with E-state index in [1.54, 1.807) is 11.3 Å². The molecule has 116 valence electrons. The van der Waals surface area contributed by atoms with Crippen LogP contribution in [0.3, 0.4) is 0 Å². The number of rotatable bonds is 4. The Morgan fingerprint density at radius 2 is 2.09 bits per heavy atom. The fraction of sp³-hybridized carbons (Fsp3) is 0.389. The summed E-state index contributed by atoms with van der Waals surface area (Å²) in [5, 5.41) is 5.19. The Balaban J connectivity index is 1.63. The minimum atomic E-state index is 0.114. The number of amides is 1. The smallest absolute Gasteiger partial charge is 0.279 e. The van der Waals surface area contributed by atoms with Crippen LogP contribution in [-0.4, -0.2) is 19.0 Å². The maximum absolute atomic E-state index is 12.4. The van der Waals surface area contributed by atoms with Crippen molar-refractivity contribution in [1.82, 2.24) is 0 Å². The predicted molar refractivity (Wildman–Crippen MR) is 91.5 cm³/mol. The van der Waals surface area contributed by atoms with E-state index in [0.29, 0.717) is 12.6 Å². The first-order chi connectivity index (χ1) is 10.6. The van der Waals surface area contributed by atoms with Crippen LogP contribution in [0.5, 0.6) is 0 Å². The third-order valence-electron chi connectivity index (χ3n) is 4.26. The third-order valence-corrected chi connectivity index (χ3v) is 5.25. The summed E-state index contributed by atoms with van der Waals surface area (Å²) in [5.41, 5.74) is 3.27. The largest absolute Gasteiger partial charge is 0.321 e. The van der Waals surface area contributed by atoms with Gasteiger partial charge in [-0.05, 0) is 48.6 Å². The van der Waals surface area contributed by atoms with Gasteiger partial charge in [-0.3, -0.25) is 4.79 Å². The Morgan fingerprint density at radius 3 is 2.77 bits per heavy atom. The number of anilines is 1. The zero-order chi connectivity index (χ0) is 15.5. The summed E-state index contributed by atoms with van der Waals surface area (Å²) in [6, 6.07) is 11.0. The van der Waals surface area contributed by atoms with Gasteiger partial charge in [-0.25, -0.2) is 0 Å². The van der Waals surface area contributed by atoms with Crippen LogP contribution in [0.1, 0.15) is 34.9 Å². The first kappa shape index (κ1) is 15.3. The molecule has 1 fully saturated rings. The second kappa shape index (κ2) is 6.63. The number of likely N-dealkylation sites (tertiary alicyclic amines) is 1. The summed E-state index contributed by atoms with van der Waals surface area (Å²) in [4.78, 5) is 15.2. The normalized spacial score (nSPS) is 21.0. The van der Waals surface area contributed by atoms with E-state index in [-0.39, 0.29) is 5.91 Å². The van der Waals surface area contributed by atoms with Crippen LogP contribution in [0.25, 0.3) is 0 Å². The summed E-state index contributed by atoms with van der Waals surface area (Å²) in [7, 11) is 0. The molecule has 2 heterocycles. The Bertz CT molecular complexity index is 631. The van der Waals surface area contributed by atoms with Crippen molar-refractivity contribution >= 4 is 22.9 Å². The lowest BCUT2D eigenvalue weighted by Gasteiger charge is -2.20. The molecule has 2 aromatic rings. The molecule has 0 bridgehead atoms. The molecule has 1 aromatic carbocycles. The van der Waals surface area contributed by atoms with Gasteiger partial charge >= 0.3 is 0 Å². The van der Waals surface area contributed by atoms with Gasteiger partial charge in [0.25, 0.3) is 5.91 Å². The van der Waals surface area contributed by atoms with Crippen molar-refractivity contribution in [2.24, 2.45) is 0 Å². The van der Waals surface area contributed by atoms with E-state index in [9.17, 15) is 4.79 Å². The third kappa shape index (κ3) is 3.57. The highest BCUT2D eigenvalue weighted by atomic mass is 32.1. The Kier molecular flexibility index (Phi) is 4.60. The topological polar surface area (TPSA) is 33.5 Å². The lowest BCUT2D eigenvalue weighted by molar-refractivity contribution is -0.910. The zero-order valence-electron chi connectivity index (χ0n) is 13.2. The molecular formula is C18H23N2OS+. The number of benzene rings is 1. The molecule has 0 radical (unpaired) electrons. The summed E-state index contributed by atoms with van der Waals surface area (Å²) < 4.78 is 0. The highest BCUT2D eigenvalue weighted by Gasteiger charge is 2.32. The highest BCUT2D eigenvalue weighted by Crippen LogP contribution is 2.23. The fourth-order valence-corrected chi connectivity index (χ4v) is 4.33. The molecule has 1 unspecified atom stereocenters. The van der Waals surface area contributed by atoms with Crippen LogP contribution in [0.4, 0.5) is 5.69 Å². The number of carbonyl (C=O) groups is 1. The quantitative estimate of drug-likeness (QED) is 0.894. The summed E-state index contributed by atoms with van der Waals surface area (Å²) in [5.74, 6) is 0.114. The van der Waals surface area contributed by atoms with Crippen molar-refractivity contribution in [3.63, 3.8) is 0 Å². The van der Waals surface area contributed by atoms with Gasteiger partial charge in [0.15, 0.2) is 6.54 Å². The van der Waals surface area contributed by atoms with Crippen molar-refractivity contribution in [3.05, 3.63) is 51.7 Å². The van der Waals surface area contributed by atoms with Crippen molar-refractivity contribution in [3.8, 4) is 0 Å². The predicted octanol–water partition coefficient (Wildman–Crippen LogP) is 2.72. The van der Waals surface area contributed by atoms with Gasteiger partial charge in [0.05, 0.1) is 11.4 Å². The van der Waals surface area contributed by atoms with E-state index in [0.717, 1.165) is 12.2 Å². The fourth-order valence-electron chi connectivity index (χ4n) is 3.41. The number of aryl methyl sites for hydroxylation is 2. The van der Waals surface area contributed by atoms with Crippen LogP contribution in [0.15, 0.2) is 35.7 Å². The maximum Gasteiger partial charge on any atom is 0.279 e. The van der Waals surface area contributed by atoms with Crippen LogP contribution < -0.4 is 10.2 Å². The molecule has 1 aliphatic heterocycles. The Labute approximate surface area is 136 Å². The minimum absolute atomic E-state index is 0.114. The molecule has 4 heteroatoms. The minimum Gasteiger partial charge on any atom is -0.321 e. The molecule has 2 atom stereocenters. The molecule has 0 aliphatic carbocycles. The summed E-state index contributed by atoms with van der Waals surface area (Å²) in [6.07, 6.45) is 2.39. The van der Waals surface area contributed by atoms with Crippen LogP contribution in [0, 0.1) is 13.8 Å². The van der Waals surface area contributed by atoms with E-state index in [2.05, 4.69) is 42.7 Å². The van der Waals surface area contributed by atoms with Gasteiger partial charge in [-0.15, -0.1) is 11.3 Å². The van der Waals surface area contributed by atoms with Crippen molar-refractivity contribution < 1.29 is 9.69 Å². The molecule has 1 aliphatic rings. The van der Waals surface area contributed by atoms with Crippen molar-refractivity contribution in [2.45, 2.75) is 32.7 Å². The second-order valence-corrected chi connectivity index (χ2v) is 7.20. The van der Waals surface area contributed by atoms with E-state index in [1.165, 1.54) is 33.7 Å². The van der Waals surface area contributed by atoms with Gasteiger partial charge in [0, 0.05) is 18.5 Å². The molecule has 2 N–H and O–H groups in total. The molecule has 1 amide bonds. The summed E-state index contributed by atoms with van der Waals surface area (Å²) >= 11 is 1.81. The van der Waals surface area contributed by atoms with Crippen LogP contribution in [0.2, 0.25) is 0 Å². The zero-order valence-corrected chi connectivity index (χ0v) is 14.0. The van der Waals surface area contributed by atoms with Gasteiger partial charge < -0.3 is 10.2 Å². The van der Waals surface area contributed by atoms with E-state index in [1.807, 2.05) is 12.1 Å². The molecule has 0 spiro atoms. The van der Waals surface area contributed by atoms with E-state index in [4.69, 9.17) is 0 Å². The number of carbonyl (C=O) groups excluding carboxylic acids is 1. The molecule has 3 nitrogen and oxygen atoms in total. The second-order valence-electron chi connectivity index (χ2n) is 6.22.